The van der Waals surface area contributed by atoms with Crippen molar-refractivity contribution >= 4 is 11.8 Å². The molecule has 2 aromatic rings. The van der Waals surface area contributed by atoms with Gasteiger partial charge in [0, 0.05) is 5.56 Å². The van der Waals surface area contributed by atoms with Gasteiger partial charge in [0.1, 0.15) is 0 Å². The molecule has 0 aromatic heterocycles. The molecule has 4 nitrogen and oxygen atoms in total. The summed E-state index contributed by atoms with van der Waals surface area (Å²) in [6.45, 7) is 1.80. The largest absolute Gasteiger partial charge is 0.416 e. The summed E-state index contributed by atoms with van der Waals surface area (Å²) in [5, 5.41) is 1.29. The van der Waals surface area contributed by atoms with Crippen molar-refractivity contribution in [3.63, 3.8) is 0 Å². The van der Waals surface area contributed by atoms with Crippen LogP contribution in [-0.2, 0) is 17.4 Å². The predicted octanol–water partition coefficient (Wildman–Crippen LogP) is 3.83. The van der Waals surface area contributed by atoms with Gasteiger partial charge < -0.3 is 0 Å². The van der Waals surface area contributed by atoms with Gasteiger partial charge in [-0.25, -0.2) is 5.01 Å². The summed E-state index contributed by atoms with van der Waals surface area (Å²) < 4.78 is 37.8. The lowest BCUT2D eigenvalue weighted by Gasteiger charge is -2.45. The summed E-state index contributed by atoms with van der Waals surface area (Å²) in [5.74, 6) is -1.01. The Bertz CT molecular complexity index is 819. The minimum Gasteiger partial charge on any atom is -0.273 e. The fraction of sp³-hybridized carbons (Fsp3) is 0.300. The van der Waals surface area contributed by atoms with Crippen molar-refractivity contribution in [2.75, 3.05) is 0 Å². The van der Waals surface area contributed by atoms with Gasteiger partial charge in [-0.3, -0.25) is 15.0 Å². The van der Waals surface area contributed by atoms with Crippen molar-refractivity contribution in [2.24, 2.45) is 5.92 Å². The third kappa shape index (κ3) is 4.13. The first kappa shape index (κ1) is 18.9. The molecule has 0 radical (unpaired) electrons. The normalized spacial score (nSPS) is 19.6. The molecule has 2 amide bonds. The van der Waals surface area contributed by atoms with Crippen LogP contribution in [0.15, 0.2) is 54.6 Å². The Kier molecular flexibility index (Phi) is 5.21. The van der Waals surface area contributed by atoms with Gasteiger partial charge in [-0.05, 0) is 42.7 Å². The summed E-state index contributed by atoms with van der Waals surface area (Å²) in [6.07, 6.45) is -3.01. The van der Waals surface area contributed by atoms with Crippen molar-refractivity contribution in [2.45, 2.75) is 32.0 Å². The first-order valence-corrected chi connectivity index (χ1v) is 8.62. The fourth-order valence-electron chi connectivity index (χ4n) is 3.15. The quantitative estimate of drug-likeness (QED) is 0.807. The van der Waals surface area contributed by atoms with Crippen LogP contribution >= 0.6 is 0 Å². The third-order valence-corrected chi connectivity index (χ3v) is 4.80. The van der Waals surface area contributed by atoms with E-state index in [4.69, 9.17) is 0 Å². The lowest BCUT2D eigenvalue weighted by atomic mass is 9.86. The SMILES string of the molecule is CC1C(=O)N(NC(=O)c2ccc(C(F)(F)F)cc2)C1CCc1ccccc1. The Hall–Kier alpha value is -2.83. The van der Waals surface area contributed by atoms with Crippen LogP contribution in [-0.4, -0.2) is 22.9 Å². The highest BCUT2D eigenvalue weighted by Gasteiger charge is 2.44. The molecule has 2 atom stereocenters. The van der Waals surface area contributed by atoms with Crippen LogP contribution in [0.2, 0.25) is 0 Å². The highest BCUT2D eigenvalue weighted by molar-refractivity contribution is 5.97. The zero-order valence-corrected chi connectivity index (χ0v) is 14.7. The van der Waals surface area contributed by atoms with Crippen molar-refractivity contribution < 1.29 is 22.8 Å². The van der Waals surface area contributed by atoms with Gasteiger partial charge in [-0.1, -0.05) is 37.3 Å². The molecule has 1 fully saturated rings. The van der Waals surface area contributed by atoms with Crippen LogP contribution in [0.25, 0.3) is 0 Å². The average molecular weight is 376 g/mol. The molecular formula is C20H19F3N2O2. The van der Waals surface area contributed by atoms with Gasteiger partial charge in [0.05, 0.1) is 17.5 Å². The number of rotatable bonds is 5. The first-order valence-electron chi connectivity index (χ1n) is 8.62. The molecular weight excluding hydrogens is 357 g/mol. The van der Waals surface area contributed by atoms with E-state index in [2.05, 4.69) is 5.43 Å². The number of carbonyl (C=O) groups excluding carboxylic acids is 2. The van der Waals surface area contributed by atoms with Crippen LogP contribution in [0.3, 0.4) is 0 Å². The van der Waals surface area contributed by atoms with Crippen molar-refractivity contribution in [3.05, 3.63) is 71.3 Å². The maximum atomic E-state index is 12.6. The molecule has 27 heavy (non-hydrogen) atoms. The Labute approximate surface area is 155 Å². The number of alkyl halides is 3. The van der Waals surface area contributed by atoms with Crippen LogP contribution in [0.5, 0.6) is 0 Å². The van der Waals surface area contributed by atoms with E-state index in [1.807, 2.05) is 30.3 Å². The van der Waals surface area contributed by atoms with Crippen molar-refractivity contribution in [1.29, 1.82) is 0 Å². The van der Waals surface area contributed by atoms with Gasteiger partial charge in [-0.15, -0.1) is 0 Å². The highest BCUT2D eigenvalue weighted by atomic mass is 19.4. The van der Waals surface area contributed by atoms with E-state index in [9.17, 15) is 22.8 Å². The summed E-state index contributed by atoms with van der Waals surface area (Å²) in [7, 11) is 0. The minimum atomic E-state index is -4.46. The molecule has 1 saturated heterocycles. The number of benzene rings is 2. The number of carbonyl (C=O) groups is 2. The second-order valence-electron chi connectivity index (χ2n) is 6.60. The number of nitrogens with zero attached hydrogens (tertiary/aromatic N) is 1. The Morgan fingerprint density at radius 1 is 1.07 bits per heavy atom. The Balaban J connectivity index is 1.62. The molecule has 142 valence electrons. The molecule has 0 aliphatic carbocycles. The molecule has 2 aromatic carbocycles. The van der Waals surface area contributed by atoms with E-state index < -0.39 is 17.6 Å². The maximum Gasteiger partial charge on any atom is 0.416 e. The van der Waals surface area contributed by atoms with Crippen LogP contribution < -0.4 is 5.43 Å². The Morgan fingerprint density at radius 3 is 2.30 bits per heavy atom. The van der Waals surface area contributed by atoms with Crippen LogP contribution in [0.1, 0.15) is 34.8 Å². The third-order valence-electron chi connectivity index (χ3n) is 4.80. The topological polar surface area (TPSA) is 49.4 Å². The smallest absolute Gasteiger partial charge is 0.273 e. The number of nitrogens with one attached hydrogen (secondary N) is 1. The first-order chi connectivity index (χ1) is 12.8. The molecule has 0 spiro atoms. The number of halogens is 3. The lowest BCUT2D eigenvalue weighted by molar-refractivity contribution is -0.160. The zero-order chi connectivity index (χ0) is 19.6. The van der Waals surface area contributed by atoms with Crippen LogP contribution in [0, 0.1) is 5.92 Å². The number of β-lactam (4-membered cyclic amide) rings is 1. The number of hydrazine groups is 1. The highest BCUT2D eigenvalue weighted by Crippen LogP contribution is 2.30. The van der Waals surface area contributed by atoms with E-state index in [0.717, 1.165) is 36.2 Å². The summed E-state index contributed by atoms with van der Waals surface area (Å²) in [6, 6.07) is 13.6. The number of hydrogen-bond acceptors (Lipinski definition) is 2. The molecule has 7 heteroatoms. The van der Waals surface area contributed by atoms with Gasteiger partial charge in [-0.2, -0.15) is 13.2 Å². The van der Waals surface area contributed by atoms with E-state index in [-0.39, 0.29) is 23.4 Å². The molecule has 1 aliphatic rings. The molecule has 1 aliphatic heterocycles. The van der Waals surface area contributed by atoms with Crippen LogP contribution in [0.4, 0.5) is 13.2 Å². The molecule has 0 saturated carbocycles. The summed E-state index contributed by atoms with van der Waals surface area (Å²) >= 11 is 0. The molecule has 2 unspecified atom stereocenters. The fourth-order valence-corrected chi connectivity index (χ4v) is 3.15. The summed E-state index contributed by atoms with van der Waals surface area (Å²) in [4.78, 5) is 24.4. The minimum absolute atomic E-state index is 0.0668. The number of hydrogen-bond donors (Lipinski definition) is 1. The second kappa shape index (κ2) is 7.42. The van der Waals surface area contributed by atoms with Gasteiger partial charge in [0.2, 0.25) is 5.91 Å². The van der Waals surface area contributed by atoms with E-state index in [1.165, 1.54) is 5.01 Å². The van der Waals surface area contributed by atoms with E-state index >= 15 is 0 Å². The Morgan fingerprint density at radius 2 is 1.70 bits per heavy atom. The molecule has 3 rings (SSSR count). The van der Waals surface area contributed by atoms with Crippen molar-refractivity contribution in [3.8, 4) is 0 Å². The summed E-state index contributed by atoms with van der Waals surface area (Å²) in [5.41, 5.74) is 2.90. The second-order valence-corrected chi connectivity index (χ2v) is 6.60. The predicted molar refractivity (Wildman–Crippen MR) is 93.5 cm³/mol. The maximum absolute atomic E-state index is 12.6. The van der Waals surface area contributed by atoms with E-state index in [0.29, 0.717) is 6.42 Å². The van der Waals surface area contributed by atoms with E-state index in [1.54, 1.807) is 6.92 Å². The molecule has 1 heterocycles. The zero-order valence-electron chi connectivity index (χ0n) is 14.7. The lowest BCUT2D eigenvalue weighted by Crippen LogP contribution is -2.66. The standard InChI is InChI=1S/C20H19F3N2O2/c1-13-17(12-7-14-5-3-2-4-6-14)25(19(13)27)24-18(26)15-8-10-16(11-9-15)20(21,22)23/h2-6,8-11,13,17H,7,12H2,1H3,(H,24,26). The molecule has 0 bridgehead atoms. The van der Waals surface area contributed by atoms with Gasteiger partial charge in [0.25, 0.3) is 5.91 Å². The molecule has 1 N–H and O–H groups in total. The monoisotopic (exact) mass is 376 g/mol. The number of aryl methyl sites for hydroxylation is 1. The van der Waals surface area contributed by atoms with Gasteiger partial charge in [0.15, 0.2) is 0 Å². The van der Waals surface area contributed by atoms with Gasteiger partial charge >= 0.3 is 6.18 Å². The van der Waals surface area contributed by atoms with Crippen molar-refractivity contribution in [1.82, 2.24) is 10.4 Å². The average Bonchev–Trinajstić information content (AvgIpc) is 2.67. The number of amides is 2.